The molecule has 0 bridgehead atoms. The highest BCUT2D eigenvalue weighted by Crippen LogP contribution is 2.32. The zero-order valence-corrected chi connectivity index (χ0v) is 17.9. The van der Waals surface area contributed by atoms with Gasteiger partial charge in [0.25, 0.3) is 0 Å². The van der Waals surface area contributed by atoms with E-state index in [1.54, 1.807) is 0 Å². The van der Waals surface area contributed by atoms with Crippen molar-refractivity contribution in [3.8, 4) is 0 Å². The highest BCUT2D eigenvalue weighted by atomic mass is 16.4. The van der Waals surface area contributed by atoms with Crippen molar-refractivity contribution in [2.24, 2.45) is 5.92 Å². The van der Waals surface area contributed by atoms with E-state index >= 15 is 0 Å². The van der Waals surface area contributed by atoms with Gasteiger partial charge in [-0.2, -0.15) is 0 Å². The lowest BCUT2D eigenvalue weighted by atomic mass is 9.83. The van der Waals surface area contributed by atoms with Crippen LogP contribution in [0, 0.1) is 5.92 Å². The van der Waals surface area contributed by atoms with Gasteiger partial charge in [-0.3, -0.25) is 9.59 Å². The number of fused-ring (bicyclic) bond motifs is 1. The number of nitrogens with one attached hydrogen (secondary N) is 3. The number of hydrogen-bond acceptors (Lipinski definition) is 4. The number of carboxylic acids is 1. The molecule has 2 aromatic carbocycles. The Morgan fingerprint density at radius 1 is 0.969 bits per heavy atom. The summed E-state index contributed by atoms with van der Waals surface area (Å²) in [7, 11) is 0. The Hall–Kier alpha value is -3.35. The van der Waals surface area contributed by atoms with Crippen LogP contribution >= 0.6 is 0 Å². The average Bonchev–Trinajstić information content (AvgIpc) is 3.24. The van der Waals surface area contributed by atoms with E-state index in [-0.39, 0.29) is 30.2 Å². The van der Waals surface area contributed by atoms with Crippen LogP contribution < -0.4 is 16.0 Å². The first-order valence-corrected chi connectivity index (χ1v) is 11.2. The number of para-hydroxylation sites is 1. The van der Waals surface area contributed by atoms with E-state index in [0.717, 1.165) is 29.7 Å². The van der Waals surface area contributed by atoms with E-state index in [9.17, 15) is 19.5 Å². The molecule has 1 saturated carbocycles. The van der Waals surface area contributed by atoms with Crippen molar-refractivity contribution in [3.05, 3.63) is 65.7 Å². The SMILES string of the molecule is O=C(O)[C@H](Cc1ccccc1)NC(=O)[C@@H]1CCCC[C@@H]1NC(=O)[C@H]1CNc2ccccc21. The molecule has 0 unspecified atom stereocenters. The molecule has 4 rings (SSSR count). The van der Waals surface area contributed by atoms with Crippen LogP contribution in [-0.4, -0.2) is 41.5 Å². The second-order valence-corrected chi connectivity index (χ2v) is 8.62. The van der Waals surface area contributed by atoms with Crippen LogP contribution in [0.5, 0.6) is 0 Å². The third kappa shape index (κ3) is 4.93. The van der Waals surface area contributed by atoms with Gasteiger partial charge < -0.3 is 21.1 Å². The van der Waals surface area contributed by atoms with Gasteiger partial charge in [0.05, 0.1) is 11.8 Å². The molecule has 0 saturated heterocycles. The van der Waals surface area contributed by atoms with Gasteiger partial charge in [0.2, 0.25) is 11.8 Å². The molecule has 0 radical (unpaired) electrons. The largest absolute Gasteiger partial charge is 0.480 e. The molecule has 1 fully saturated rings. The Bertz CT molecular complexity index is 978. The summed E-state index contributed by atoms with van der Waals surface area (Å²) in [5.74, 6) is -2.18. The van der Waals surface area contributed by atoms with Crippen LogP contribution in [-0.2, 0) is 20.8 Å². The Labute approximate surface area is 187 Å². The molecule has 0 spiro atoms. The van der Waals surface area contributed by atoms with Crippen LogP contribution in [0.3, 0.4) is 0 Å². The number of rotatable bonds is 7. The van der Waals surface area contributed by atoms with Gasteiger partial charge in [0.15, 0.2) is 0 Å². The fourth-order valence-electron chi connectivity index (χ4n) is 4.75. The first kappa shape index (κ1) is 21.9. The minimum Gasteiger partial charge on any atom is -0.480 e. The first-order chi connectivity index (χ1) is 15.5. The Morgan fingerprint density at radius 3 is 2.47 bits per heavy atom. The Balaban J connectivity index is 1.41. The highest BCUT2D eigenvalue weighted by molar-refractivity contribution is 5.90. The summed E-state index contributed by atoms with van der Waals surface area (Å²) in [6, 6.07) is 15.7. The number of amides is 2. The fourth-order valence-corrected chi connectivity index (χ4v) is 4.75. The summed E-state index contributed by atoms with van der Waals surface area (Å²) in [6.07, 6.45) is 3.38. The molecule has 7 heteroatoms. The van der Waals surface area contributed by atoms with Crippen LogP contribution in [0.25, 0.3) is 0 Å². The summed E-state index contributed by atoms with van der Waals surface area (Å²) in [5.41, 5.74) is 2.78. The minimum absolute atomic E-state index is 0.0915. The first-order valence-electron chi connectivity index (χ1n) is 11.2. The van der Waals surface area contributed by atoms with E-state index in [1.165, 1.54) is 0 Å². The highest BCUT2D eigenvalue weighted by Gasteiger charge is 2.36. The monoisotopic (exact) mass is 435 g/mol. The van der Waals surface area contributed by atoms with Crippen molar-refractivity contribution in [3.63, 3.8) is 0 Å². The predicted octanol–water partition coefficient (Wildman–Crippen LogP) is 2.68. The van der Waals surface area contributed by atoms with Crippen molar-refractivity contribution < 1.29 is 19.5 Å². The van der Waals surface area contributed by atoms with E-state index in [4.69, 9.17) is 0 Å². The second-order valence-electron chi connectivity index (χ2n) is 8.62. The van der Waals surface area contributed by atoms with Gasteiger partial charge in [-0.1, -0.05) is 61.4 Å². The van der Waals surface area contributed by atoms with Crippen LogP contribution in [0.4, 0.5) is 5.69 Å². The third-order valence-corrected chi connectivity index (χ3v) is 6.48. The molecular weight excluding hydrogens is 406 g/mol. The Morgan fingerprint density at radius 2 is 1.69 bits per heavy atom. The molecule has 4 N–H and O–H groups in total. The number of benzene rings is 2. The van der Waals surface area contributed by atoms with Crippen molar-refractivity contribution in [2.45, 2.75) is 50.1 Å². The minimum atomic E-state index is -1.06. The normalized spacial score (nSPS) is 22.8. The van der Waals surface area contributed by atoms with Gasteiger partial charge >= 0.3 is 5.97 Å². The summed E-state index contributed by atoms with van der Waals surface area (Å²) in [5, 5.41) is 18.7. The molecule has 1 aliphatic carbocycles. The van der Waals surface area contributed by atoms with Gasteiger partial charge in [0, 0.05) is 24.7 Å². The van der Waals surface area contributed by atoms with Crippen molar-refractivity contribution in [2.75, 3.05) is 11.9 Å². The number of carboxylic acid groups (broad SMARTS) is 1. The number of carbonyl (C=O) groups is 3. The maximum atomic E-state index is 13.1. The van der Waals surface area contributed by atoms with Gasteiger partial charge in [0.1, 0.15) is 6.04 Å². The van der Waals surface area contributed by atoms with Gasteiger partial charge in [-0.25, -0.2) is 4.79 Å². The lowest BCUT2D eigenvalue weighted by Crippen LogP contribution is -2.52. The maximum absolute atomic E-state index is 13.1. The number of aliphatic carboxylic acids is 1. The quantitative estimate of drug-likeness (QED) is 0.535. The molecule has 2 aliphatic rings. The molecule has 168 valence electrons. The van der Waals surface area contributed by atoms with Crippen LogP contribution in [0.15, 0.2) is 54.6 Å². The molecule has 2 aromatic rings. The van der Waals surface area contributed by atoms with Crippen molar-refractivity contribution >= 4 is 23.5 Å². The molecule has 32 heavy (non-hydrogen) atoms. The zero-order chi connectivity index (χ0) is 22.5. The Kier molecular flexibility index (Phi) is 6.73. The van der Waals surface area contributed by atoms with Gasteiger partial charge in [-0.05, 0) is 30.0 Å². The molecule has 1 aliphatic heterocycles. The van der Waals surface area contributed by atoms with Crippen molar-refractivity contribution in [1.29, 1.82) is 0 Å². The van der Waals surface area contributed by atoms with E-state index in [1.807, 2.05) is 54.6 Å². The number of anilines is 1. The number of hydrogen-bond donors (Lipinski definition) is 4. The average molecular weight is 436 g/mol. The fraction of sp³-hybridized carbons (Fsp3) is 0.400. The summed E-state index contributed by atoms with van der Waals surface area (Å²) < 4.78 is 0. The van der Waals surface area contributed by atoms with Crippen LogP contribution in [0.2, 0.25) is 0 Å². The lowest BCUT2D eigenvalue weighted by molar-refractivity contribution is -0.143. The molecule has 7 nitrogen and oxygen atoms in total. The van der Waals surface area contributed by atoms with E-state index in [2.05, 4.69) is 16.0 Å². The van der Waals surface area contributed by atoms with Crippen LogP contribution in [0.1, 0.15) is 42.7 Å². The zero-order valence-electron chi connectivity index (χ0n) is 17.9. The van der Waals surface area contributed by atoms with E-state index in [0.29, 0.717) is 19.4 Å². The number of carbonyl (C=O) groups excluding carboxylic acids is 2. The van der Waals surface area contributed by atoms with Crippen molar-refractivity contribution in [1.82, 2.24) is 10.6 Å². The summed E-state index contributed by atoms with van der Waals surface area (Å²) >= 11 is 0. The molecule has 1 heterocycles. The molecule has 2 amide bonds. The molecule has 4 atom stereocenters. The third-order valence-electron chi connectivity index (χ3n) is 6.48. The second kappa shape index (κ2) is 9.85. The van der Waals surface area contributed by atoms with Gasteiger partial charge in [-0.15, -0.1) is 0 Å². The maximum Gasteiger partial charge on any atom is 0.326 e. The summed E-state index contributed by atoms with van der Waals surface area (Å²) in [6.45, 7) is 0.535. The standard InChI is InChI=1S/C25H29N3O4/c29-23(28-22(25(31)32)14-16-8-2-1-3-9-16)18-11-5-7-13-21(18)27-24(30)19-15-26-20-12-6-4-10-17(19)20/h1-4,6,8-10,12,18-19,21-22,26H,5,7,11,13-15H2,(H,27,30)(H,28,29)(H,31,32)/t18-,19+,21+,22+/m1/s1. The summed E-state index contributed by atoms with van der Waals surface area (Å²) in [4.78, 5) is 37.9. The molecule has 0 aromatic heterocycles. The lowest BCUT2D eigenvalue weighted by Gasteiger charge is -2.32. The smallest absolute Gasteiger partial charge is 0.326 e. The predicted molar refractivity (Wildman–Crippen MR) is 121 cm³/mol. The van der Waals surface area contributed by atoms with E-state index < -0.39 is 17.9 Å². The topological polar surface area (TPSA) is 108 Å². The molecular formula is C25H29N3O4.